The highest BCUT2D eigenvalue weighted by atomic mass is 16.5. The lowest BCUT2D eigenvalue weighted by Crippen LogP contribution is -2.17. The van der Waals surface area contributed by atoms with Gasteiger partial charge < -0.3 is 24.6 Å². The number of nitrogens with one attached hydrogen (secondary N) is 1. The lowest BCUT2D eigenvalue weighted by Gasteiger charge is -2.15. The molecule has 1 atom stereocenters. The molecule has 0 unspecified atom stereocenters. The fourth-order valence-electron chi connectivity index (χ4n) is 3.13. The van der Waals surface area contributed by atoms with Crippen LogP contribution in [0.25, 0.3) is 0 Å². The van der Waals surface area contributed by atoms with Gasteiger partial charge in [-0.25, -0.2) is 0 Å². The monoisotopic (exact) mass is 409 g/mol. The predicted octanol–water partition coefficient (Wildman–Crippen LogP) is 3.16. The average molecular weight is 409 g/mol. The zero-order valence-electron chi connectivity index (χ0n) is 16.8. The number of carbonyl (C=O) groups excluding carboxylic acids is 1. The van der Waals surface area contributed by atoms with Gasteiger partial charge in [0.2, 0.25) is 0 Å². The normalized spacial score (nSPS) is 13.3. The third-order valence-electron chi connectivity index (χ3n) is 4.59. The van der Waals surface area contributed by atoms with Crippen LogP contribution in [-0.4, -0.2) is 40.1 Å². The number of anilines is 1. The van der Waals surface area contributed by atoms with Crippen LogP contribution in [0.5, 0.6) is 23.0 Å². The van der Waals surface area contributed by atoms with Crippen LogP contribution >= 0.6 is 0 Å². The Morgan fingerprint density at radius 2 is 2.07 bits per heavy atom. The van der Waals surface area contributed by atoms with Gasteiger partial charge in [-0.1, -0.05) is 0 Å². The summed E-state index contributed by atoms with van der Waals surface area (Å²) in [6.07, 6.45) is 2.15. The lowest BCUT2D eigenvalue weighted by atomic mass is 10.1. The first-order valence-electron chi connectivity index (χ1n) is 9.67. The largest absolute Gasteiger partial charge is 0.493 e. The van der Waals surface area contributed by atoms with Crippen molar-refractivity contribution in [2.75, 3.05) is 18.5 Å². The molecule has 4 rings (SSSR count). The minimum Gasteiger partial charge on any atom is -0.493 e. The summed E-state index contributed by atoms with van der Waals surface area (Å²) >= 11 is 0. The molecule has 30 heavy (non-hydrogen) atoms. The Kier molecular flexibility index (Phi) is 5.58. The van der Waals surface area contributed by atoms with Crippen molar-refractivity contribution >= 4 is 11.7 Å². The van der Waals surface area contributed by atoms with Crippen molar-refractivity contribution in [2.24, 2.45) is 7.05 Å². The number of nitrogens with zero attached hydrogens (tertiary/aromatic N) is 2. The first-order chi connectivity index (χ1) is 14.5. The lowest BCUT2D eigenvalue weighted by molar-refractivity contribution is 0.102. The van der Waals surface area contributed by atoms with E-state index in [2.05, 4.69) is 10.4 Å². The molecule has 0 aliphatic carbocycles. The summed E-state index contributed by atoms with van der Waals surface area (Å²) < 4.78 is 18.8. The van der Waals surface area contributed by atoms with Gasteiger partial charge in [-0.05, 0) is 37.3 Å². The fourth-order valence-corrected chi connectivity index (χ4v) is 3.13. The average Bonchev–Trinajstić information content (AvgIpc) is 3.35. The van der Waals surface area contributed by atoms with Crippen LogP contribution in [-0.2, 0) is 13.5 Å². The Labute approximate surface area is 174 Å². The molecule has 1 aliphatic heterocycles. The second-order valence-electron chi connectivity index (χ2n) is 7.10. The van der Waals surface area contributed by atoms with Gasteiger partial charge in [-0.2, -0.15) is 5.10 Å². The molecule has 0 bridgehead atoms. The minimum absolute atomic E-state index is 0.147. The molecule has 0 saturated carbocycles. The molecule has 0 fully saturated rings. The highest BCUT2D eigenvalue weighted by molar-refractivity contribution is 6.04. The van der Waals surface area contributed by atoms with Crippen LogP contribution < -0.4 is 19.5 Å². The van der Waals surface area contributed by atoms with Crippen LogP contribution in [0.4, 0.5) is 5.82 Å². The number of carbonyl (C=O) groups is 1. The maximum atomic E-state index is 12.8. The molecule has 2 N–H and O–H groups in total. The third-order valence-corrected chi connectivity index (χ3v) is 4.59. The zero-order chi connectivity index (χ0) is 21.1. The van der Waals surface area contributed by atoms with E-state index in [-0.39, 0.29) is 12.5 Å². The Hall–Kier alpha value is -3.52. The number of benzene rings is 2. The summed E-state index contributed by atoms with van der Waals surface area (Å²) in [4.78, 5) is 12.8. The summed E-state index contributed by atoms with van der Waals surface area (Å²) in [6, 6.07) is 12.3. The van der Waals surface area contributed by atoms with Gasteiger partial charge in [0.25, 0.3) is 5.91 Å². The van der Waals surface area contributed by atoms with Gasteiger partial charge in [0, 0.05) is 42.9 Å². The Morgan fingerprint density at radius 3 is 2.83 bits per heavy atom. The molecule has 2 heterocycles. The van der Waals surface area contributed by atoms with Crippen molar-refractivity contribution in [1.82, 2.24) is 9.78 Å². The molecule has 2 aromatic carbocycles. The predicted molar refractivity (Wildman–Crippen MR) is 110 cm³/mol. The van der Waals surface area contributed by atoms with Crippen LogP contribution in [0.2, 0.25) is 0 Å². The van der Waals surface area contributed by atoms with Crippen LogP contribution in [0.3, 0.4) is 0 Å². The molecular formula is C22H23N3O5. The van der Waals surface area contributed by atoms with Crippen LogP contribution in [0.1, 0.15) is 22.8 Å². The Morgan fingerprint density at radius 1 is 1.23 bits per heavy atom. The summed E-state index contributed by atoms with van der Waals surface area (Å²) in [5.74, 6) is 2.48. The maximum Gasteiger partial charge on any atom is 0.257 e. The number of aliphatic hydroxyl groups excluding tert-OH is 1. The molecule has 8 nitrogen and oxygen atoms in total. The zero-order valence-corrected chi connectivity index (χ0v) is 16.8. The van der Waals surface area contributed by atoms with E-state index < -0.39 is 6.10 Å². The van der Waals surface area contributed by atoms with E-state index in [4.69, 9.17) is 14.2 Å². The number of aryl methyl sites for hydroxylation is 1. The van der Waals surface area contributed by atoms with Gasteiger partial charge in [0.1, 0.15) is 29.1 Å². The number of aliphatic hydroxyl groups is 1. The number of hydrogen-bond donors (Lipinski definition) is 2. The first-order valence-corrected chi connectivity index (χ1v) is 9.67. The van der Waals surface area contributed by atoms with E-state index in [1.54, 1.807) is 49.1 Å². The van der Waals surface area contributed by atoms with Crippen molar-refractivity contribution < 1.29 is 24.1 Å². The molecular weight excluding hydrogens is 386 g/mol. The summed E-state index contributed by atoms with van der Waals surface area (Å²) in [6.45, 7) is 2.26. The molecule has 1 aliphatic rings. The van der Waals surface area contributed by atoms with E-state index in [1.165, 1.54) is 0 Å². The van der Waals surface area contributed by atoms with Crippen molar-refractivity contribution in [3.05, 3.63) is 59.8 Å². The molecule has 0 radical (unpaired) electrons. The second kappa shape index (κ2) is 8.46. The van der Waals surface area contributed by atoms with E-state index in [0.29, 0.717) is 35.2 Å². The number of aromatic nitrogens is 2. The van der Waals surface area contributed by atoms with Crippen molar-refractivity contribution in [1.29, 1.82) is 0 Å². The Balaban J connectivity index is 1.60. The SMILES string of the molecule is C[C@@H](CO)Oc1cc(Oc2ccc3c(c2)CCO3)cc(C(=O)Nc2ccn(C)n2)c1. The van der Waals surface area contributed by atoms with Gasteiger partial charge >= 0.3 is 0 Å². The van der Waals surface area contributed by atoms with E-state index >= 15 is 0 Å². The molecule has 8 heteroatoms. The van der Waals surface area contributed by atoms with Crippen molar-refractivity contribution in [2.45, 2.75) is 19.4 Å². The summed E-state index contributed by atoms with van der Waals surface area (Å²) in [5, 5.41) is 16.2. The summed E-state index contributed by atoms with van der Waals surface area (Å²) in [5.41, 5.74) is 1.43. The first kappa shape index (κ1) is 19.8. The number of fused-ring (bicyclic) bond motifs is 1. The number of amides is 1. The van der Waals surface area contributed by atoms with Crippen molar-refractivity contribution in [3.63, 3.8) is 0 Å². The van der Waals surface area contributed by atoms with Crippen LogP contribution in [0.15, 0.2) is 48.7 Å². The van der Waals surface area contributed by atoms with E-state index in [9.17, 15) is 9.90 Å². The minimum atomic E-state index is -0.427. The number of ether oxygens (including phenoxy) is 3. The smallest absolute Gasteiger partial charge is 0.257 e. The van der Waals surface area contributed by atoms with Gasteiger partial charge in [0.15, 0.2) is 5.82 Å². The van der Waals surface area contributed by atoms with E-state index in [0.717, 1.165) is 17.7 Å². The summed E-state index contributed by atoms with van der Waals surface area (Å²) in [7, 11) is 1.77. The molecule has 156 valence electrons. The topological polar surface area (TPSA) is 94.8 Å². The highest BCUT2D eigenvalue weighted by Gasteiger charge is 2.16. The number of rotatable bonds is 7. The standard InChI is InChI=1S/C22H23N3O5/c1-14(13-26)29-18-10-16(22(27)23-21-5-7-25(2)24-21)11-19(12-18)30-17-3-4-20-15(9-17)6-8-28-20/h3-5,7,9-12,14,26H,6,8,13H2,1-2H3,(H,23,24,27)/t14-/m0/s1. The van der Waals surface area contributed by atoms with E-state index in [1.807, 2.05) is 18.2 Å². The van der Waals surface area contributed by atoms with Gasteiger partial charge in [0.05, 0.1) is 13.2 Å². The fraction of sp³-hybridized carbons (Fsp3) is 0.273. The van der Waals surface area contributed by atoms with Gasteiger partial charge in [-0.15, -0.1) is 0 Å². The highest BCUT2D eigenvalue weighted by Crippen LogP contribution is 2.33. The molecule has 1 aromatic heterocycles. The van der Waals surface area contributed by atoms with Crippen molar-refractivity contribution in [3.8, 4) is 23.0 Å². The molecule has 1 amide bonds. The third kappa shape index (κ3) is 4.55. The maximum absolute atomic E-state index is 12.8. The number of hydrogen-bond acceptors (Lipinski definition) is 6. The molecule has 0 saturated heterocycles. The van der Waals surface area contributed by atoms with Crippen LogP contribution in [0, 0.1) is 0 Å². The second-order valence-corrected chi connectivity index (χ2v) is 7.10. The van der Waals surface area contributed by atoms with Gasteiger partial charge in [-0.3, -0.25) is 9.48 Å². The molecule has 0 spiro atoms. The Bertz CT molecular complexity index is 1060. The quantitative estimate of drug-likeness (QED) is 0.623. The molecule has 3 aromatic rings.